The van der Waals surface area contributed by atoms with E-state index in [-0.39, 0.29) is 5.91 Å². The summed E-state index contributed by atoms with van der Waals surface area (Å²) >= 11 is 1.57. The average Bonchev–Trinajstić information content (AvgIpc) is 3.11. The number of fused-ring (bicyclic) bond motifs is 1. The topological polar surface area (TPSA) is 33.2 Å². The van der Waals surface area contributed by atoms with Crippen LogP contribution in [-0.4, -0.2) is 10.9 Å². The number of carbonyl (C=O) groups excluding carboxylic acids is 1. The molecule has 0 N–H and O–H groups in total. The van der Waals surface area contributed by atoms with Crippen molar-refractivity contribution in [3.05, 3.63) is 94.0 Å². The lowest BCUT2D eigenvalue weighted by atomic mass is 10.0. The fourth-order valence-corrected chi connectivity index (χ4v) is 4.43. The number of thiazole rings is 1. The van der Waals surface area contributed by atoms with Crippen molar-refractivity contribution in [2.24, 2.45) is 0 Å². The average molecular weight is 401 g/mol. The maximum atomic E-state index is 13.6. The highest BCUT2D eigenvalue weighted by atomic mass is 32.1. The Balaban J connectivity index is 1.82. The number of amides is 1. The van der Waals surface area contributed by atoms with Gasteiger partial charge in [-0.05, 0) is 68.1 Å². The van der Waals surface area contributed by atoms with Gasteiger partial charge in [-0.1, -0.05) is 59.4 Å². The molecular weight excluding hydrogens is 376 g/mol. The predicted octanol–water partition coefficient (Wildman–Crippen LogP) is 6.38. The van der Waals surface area contributed by atoms with Crippen LogP contribution in [0.25, 0.3) is 10.2 Å². The molecule has 0 aliphatic carbocycles. The van der Waals surface area contributed by atoms with E-state index in [4.69, 9.17) is 4.98 Å². The van der Waals surface area contributed by atoms with E-state index in [0.717, 1.165) is 37.6 Å². The van der Waals surface area contributed by atoms with Crippen LogP contribution in [0.1, 0.15) is 38.2 Å². The lowest BCUT2D eigenvalue weighted by Crippen LogP contribution is -2.31. The molecule has 0 atom stereocenters. The van der Waals surface area contributed by atoms with Crippen LogP contribution in [0.15, 0.2) is 60.7 Å². The van der Waals surface area contributed by atoms with Gasteiger partial charge in [0.1, 0.15) is 0 Å². The predicted molar refractivity (Wildman–Crippen MR) is 122 cm³/mol. The molecule has 0 saturated carbocycles. The van der Waals surface area contributed by atoms with Gasteiger partial charge in [-0.25, -0.2) is 4.98 Å². The van der Waals surface area contributed by atoms with Crippen LogP contribution in [0.3, 0.4) is 0 Å². The molecule has 0 aliphatic rings. The molecule has 0 fully saturated rings. The van der Waals surface area contributed by atoms with Gasteiger partial charge in [-0.3, -0.25) is 9.69 Å². The Kier molecular flexibility index (Phi) is 5.20. The molecule has 146 valence electrons. The largest absolute Gasteiger partial charge is 0.279 e. The minimum absolute atomic E-state index is 0.0115. The van der Waals surface area contributed by atoms with Gasteiger partial charge < -0.3 is 0 Å². The third kappa shape index (κ3) is 3.94. The van der Waals surface area contributed by atoms with E-state index in [0.29, 0.717) is 6.54 Å². The number of aromatic nitrogens is 1. The van der Waals surface area contributed by atoms with Crippen LogP contribution < -0.4 is 4.90 Å². The summed E-state index contributed by atoms with van der Waals surface area (Å²) in [6.07, 6.45) is 0. The zero-order chi connectivity index (χ0) is 20.5. The van der Waals surface area contributed by atoms with Gasteiger partial charge in [-0.15, -0.1) is 0 Å². The maximum Gasteiger partial charge on any atom is 0.260 e. The molecule has 3 aromatic carbocycles. The smallest absolute Gasteiger partial charge is 0.260 e. The van der Waals surface area contributed by atoms with E-state index in [1.807, 2.05) is 67.3 Å². The van der Waals surface area contributed by atoms with Crippen molar-refractivity contribution in [1.29, 1.82) is 0 Å². The summed E-state index contributed by atoms with van der Waals surface area (Å²) in [6.45, 7) is 8.69. The molecule has 0 spiro atoms. The molecule has 0 aliphatic heterocycles. The monoisotopic (exact) mass is 400 g/mol. The van der Waals surface area contributed by atoms with Gasteiger partial charge >= 0.3 is 0 Å². The van der Waals surface area contributed by atoms with E-state index in [1.165, 1.54) is 11.1 Å². The van der Waals surface area contributed by atoms with Gasteiger partial charge in [0.2, 0.25) is 0 Å². The molecule has 4 rings (SSSR count). The number of hydrogen-bond acceptors (Lipinski definition) is 3. The van der Waals surface area contributed by atoms with E-state index in [9.17, 15) is 4.79 Å². The fraction of sp³-hybridized carbons (Fsp3) is 0.200. The molecular formula is C25H24N2OS. The number of benzene rings is 3. The number of anilines is 1. The Hall–Kier alpha value is -2.98. The number of hydrogen-bond donors (Lipinski definition) is 0. The number of aryl methyl sites for hydroxylation is 4. The maximum absolute atomic E-state index is 13.6. The Morgan fingerprint density at radius 3 is 2.38 bits per heavy atom. The van der Waals surface area contributed by atoms with Crippen molar-refractivity contribution in [3.8, 4) is 0 Å². The van der Waals surface area contributed by atoms with Crippen LogP contribution in [0, 0.1) is 27.7 Å². The molecule has 4 aromatic rings. The summed E-state index contributed by atoms with van der Waals surface area (Å²) in [5.41, 5.74) is 7.26. The summed E-state index contributed by atoms with van der Waals surface area (Å²) in [5.74, 6) is -0.0115. The summed E-state index contributed by atoms with van der Waals surface area (Å²) in [6, 6.07) is 20.4. The summed E-state index contributed by atoms with van der Waals surface area (Å²) in [5, 5.41) is 0.736. The second-order valence-electron chi connectivity index (χ2n) is 7.60. The van der Waals surface area contributed by atoms with Crippen molar-refractivity contribution < 1.29 is 4.79 Å². The molecule has 0 bridgehead atoms. The normalized spacial score (nSPS) is 11.0. The molecule has 0 unspecified atom stereocenters. The van der Waals surface area contributed by atoms with Crippen molar-refractivity contribution in [3.63, 3.8) is 0 Å². The Labute approximate surface area is 175 Å². The van der Waals surface area contributed by atoms with Gasteiger partial charge in [0, 0.05) is 5.56 Å². The number of nitrogens with zero attached hydrogens (tertiary/aromatic N) is 2. The Bertz CT molecular complexity index is 1160. The molecule has 1 amide bonds. The minimum Gasteiger partial charge on any atom is -0.279 e. The first-order chi connectivity index (χ1) is 13.9. The molecule has 0 saturated heterocycles. The molecule has 1 aromatic heterocycles. The van der Waals surface area contributed by atoms with Crippen molar-refractivity contribution in [2.75, 3.05) is 4.90 Å². The number of rotatable bonds is 4. The highest BCUT2D eigenvalue weighted by molar-refractivity contribution is 7.22. The van der Waals surface area contributed by atoms with E-state index in [1.54, 1.807) is 11.3 Å². The minimum atomic E-state index is -0.0115. The summed E-state index contributed by atoms with van der Waals surface area (Å²) in [4.78, 5) is 20.3. The Morgan fingerprint density at radius 1 is 0.897 bits per heavy atom. The first-order valence-electron chi connectivity index (χ1n) is 9.73. The lowest BCUT2D eigenvalue weighted by molar-refractivity contribution is 0.0984. The van der Waals surface area contributed by atoms with E-state index >= 15 is 0 Å². The fourth-order valence-electron chi connectivity index (χ4n) is 3.39. The molecule has 3 nitrogen and oxygen atoms in total. The van der Waals surface area contributed by atoms with Gasteiger partial charge in [0.15, 0.2) is 5.13 Å². The first kappa shape index (κ1) is 19.3. The zero-order valence-electron chi connectivity index (χ0n) is 17.2. The van der Waals surface area contributed by atoms with Crippen LogP contribution >= 0.6 is 11.3 Å². The van der Waals surface area contributed by atoms with Gasteiger partial charge in [0.25, 0.3) is 5.91 Å². The molecule has 4 heteroatoms. The van der Waals surface area contributed by atoms with Crippen LogP contribution in [0.4, 0.5) is 5.13 Å². The second-order valence-corrected chi connectivity index (χ2v) is 8.61. The quantitative estimate of drug-likeness (QED) is 0.398. The second kappa shape index (κ2) is 7.80. The SMILES string of the molecule is Cc1ccc(C)c(C(=O)N(Cc2ccccc2)c2nc3cc(C)c(C)cc3s2)c1. The lowest BCUT2D eigenvalue weighted by Gasteiger charge is -2.21. The number of carbonyl (C=O) groups is 1. The first-order valence-corrected chi connectivity index (χ1v) is 10.5. The van der Waals surface area contributed by atoms with E-state index in [2.05, 4.69) is 26.0 Å². The van der Waals surface area contributed by atoms with Crippen LogP contribution in [-0.2, 0) is 6.54 Å². The third-order valence-electron chi connectivity index (χ3n) is 5.28. The standard InChI is InChI=1S/C25H24N2OS/c1-16-10-11-17(2)21(12-16)24(28)27(15-20-8-6-5-7-9-20)25-26-22-13-18(3)19(4)14-23(22)29-25/h5-14H,15H2,1-4H3. The van der Waals surface area contributed by atoms with E-state index < -0.39 is 0 Å². The highest BCUT2D eigenvalue weighted by Gasteiger charge is 2.23. The van der Waals surface area contributed by atoms with Crippen LogP contribution in [0.5, 0.6) is 0 Å². The molecule has 1 heterocycles. The molecule has 0 radical (unpaired) electrons. The summed E-state index contributed by atoms with van der Waals surface area (Å²) in [7, 11) is 0. The van der Waals surface area contributed by atoms with Crippen molar-refractivity contribution in [2.45, 2.75) is 34.2 Å². The van der Waals surface area contributed by atoms with Gasteiger partial charge in [-0.2, -0.15) is 0 Å². The Morgan fingerprint density at radius 2 is 1.62 bits per heavy atom. The van der Waals surface area contributed by atoms with Crippen molar-refractivity contribution in [1.82, 2.24) is 4.98 Å². The third-order valence-corrected chi connectivity index (χ3v) is 6.32. The molecule has 29 heavy (non-hydrogen) atoms. The van der Waals surface area contributed by atoms with Crippen LogP contribution in [0.2, 0.25) is 0 Å². The zero-order valence-corrected chi connectivity index (χ0v) is 18.0. The van der Waals surface area contributed by atoms with Crippen molar-refractivity contribution >= 4 is 32.6 Å². The van der Waals surface area contributed by atoms with Gasteiger partial charge in [0.05, 0.1) is 16.8 Å². The highest BCUT2D eigenvalue weighted by Crippen LogP contribution is 2.33. The summed E-state index contributed by atoms with van der Waals surface area (Å²) < 4.78 is 1.11.